The fourth-order valence-electron chi connectivity index (χ4n) is 2.39. The van der Waals surface area contributed by atoms with E-state index in [1.54, 1.807) is 0 Å². The molecule has 15 heavy (non-hydrogen) atoms. The summed E-state index contributed by atoms with van der Waals surface area (Å²) in [6.07, 6.45) is 9.05. The summed E-state index contributed by atoms with van der Waals surface area (Å²) >= 11 is 0. The molecule has 0 saturated carbocycles. The Hall–Kier alpha value is -1.44. The minimum Gasteiger partial charge on any atom is -0.294 e. The summed E-state index contributed by atoms with van der Waals surface area (Å²) in [6, 6.07) is 2.07. The van der Waals surface area contributed by atoms with Crippen molar-refractivity contribution in [1.29, 1.82) is 0 Å². The molecule has 2 heteroatoms. The van der Waals surface area contributed by atoms with Crippen LogP contribution in [0.4, 0.5) is 0 Å². The van der Waals surface area contributed by atoms with Gasteiger partial charge >= 0.3 is 0 Å². The number of hydrogen-bond acceptors (Lipinski definition) is 2. The molecule has 0 aromatic carbocycles. The normalized spacial score (nSPS) is 18.5. The number of ketones is 1. The summed E-state index contributed by atoms with van der Waals surface area (Å²) in [7, 11) is 0. The zero-order valence-corrected chi connectivity index (χ0v) is 8.62. The number of carbonyl (C=O) groups excluding carboxylic acids is 1. The first kappa shape index (κ1) is 8.84. The number of nitrogens with zero attached hydrogens (tertiary/aromatic N) is 1. The van der Waals surface area contributed by atoms with Gasteiger partial charge in [-0.3, -0.25) is 9.78 Å². The van der Waals surface area contributed by atoms with Crippen molar-refractivity contribution in [3.63, 3.8) is 0 Å². The van der Waals surface area contributed by atoms with Crippen LogP contribution in [0.15, 0.2) is 12.1 Å². The maximum atomic E-state index is 11.7. The smallest absolute Gasteiger partial charge is 0.168 e. The van der Waals surface area contributed by atoms with Crippen molar-refractivity contribution in [2.24, 2.45) is 0 Å². The summed E-state index contributed by atoms with van der Waals surface area (Å²) in [4.78, 5) is 16.3. The first-order chi connectivity index (χ1) is 7.34. The SMILES string of the molecule is O=C1CC=Cc2nc3c(cc21)CCCC3. The lowest BCUT2D eigenvalue weighted by Crippen LogP contribution is -2.13. The molecule has 2 nitrogen and oxygen atoms in total. The third-order valence-electron chi connectivity index (χ3n) is 3.21. The van der Waals surface area contributed by atoms with Crippen LogP contribution in [0.5, 0.6) is 0 Å². The molecule has 0 atom stereocenters. The van der Waals surface area contributed by atoms with Gasteiger partial charge in [-0.1, -0.05) is 6.08 Å². The van der Waals surface area contributed by atoms with Gasteiger partial charge in [0.2, 0.25) is 0 Å². The van der Waals surface area contributed by atoms with Crippen molar-refractivity contribution >= 4 is 11.9 Å². The van der Waals surface area contributed by atoms with E-state index in [9.17, 15) is 4.79 Å². The molecule has 2 aliphatic rings. The van der Waals surface area contributed by atoms with Crippen molar-refractivity contribution < 1.29 is 4.79 Å². The van der Waals surface area contributed by atoms with Gasteiger partial charge in [0.05, 0.1) is 5.69 Å². The highest BCUT2D eigenvalue weighted by Crippen LogP contribution is 2.25. The predicted molar refractivity (Wildman–Crippen MR) is 58.9 cm³/mol. The molecular weight excluding hydrogens is 186 g/mol. The molecule has 0 aliphatic heterocycles. The van der Waals surface area contributed by atoms with Crippen LogP contribution < -0.4 is 0 Å². The van der Waals surface area contributed by atoms with Crippen LogP contribution in [0.2, 0.25) is 0 Å². The van der Waals surface area contributed by atoms with Gasteiger partial charge in [0, 0.05) is 17.7 Å². The van der Waals surface area contributed by atoms with Crippen molar-refractivity contribution in [2.45, 2.75) is 32.1 Å². The van der Waals surface area contributed by atoms with Gasteiger partial charge < -0.3 is 0 Å². The molecule has 0 unspecified atom stereocenters. The van der Waals surface area contributed by atoms with E-state index in [0.29, 0.717) is 6.42 Å². The zero-order valence-electron chi connectivity index (χ0n) is 8.62. The molecule has 0 saturated heterocycles. The molecule has 0 spiro atoms. The van der Waals surface area contributed by atoms with E-state index in [2.05, 4.69) is 11.1 Å². The monoisotopic (exact) mass is 199 g/mol. The van der Waals surface area contributed by atoms with Crippen molar-refractivity contribution in [1.82, 2.24) is 4.98 Å². The Balaban J connectivity index is 2.17. The summed E-state index contributed by atoms with van der Waals surface area (Å²) in [5.41, 5.74) is 4.22. The molecule has 0 amide bonds. The standard InChI is InChI=1S/C13H13NO/c15-13-7-3-6-12-10(13)8-9-4-1-2-5-11(9)14-12/h3,6,8H,1-2,4-5,7H2. The summed E-state index contributed by atoms with van der Waals surface area (Å²) in [5, 5.41) is 0. The number of aromatic nitrogens is 1. The molecule has 1 aromatic rings. The Morgan fingerprint density at radius 1 is 1.20 bits per heavy atom. The highest BCUT2D eigenvalue weighted by Gasteiger charge is 2.19. The number of aryl methyl sites for hydroxylation is 2. The number of carbonyl (C=O) groups is 1. The van der Waals surface area contributed by atoms with E-state index in [1.807, 2.05) is 12.2 Å². The maximum Gasteiger partial charge on any atom is 0.168 e. The second-order valence-electron chi connectivity index (χ2n) is 4.26. The Morgan fingerprint density at radius 3 is 3.00 bits per heavy atom. The lowest BCUT2D eigenvalue weighted by atomic mass is 9.91. The number of allylic oxidation sites excluding steroid dienone is 1. The van der Waals surface area contributed by atoms with E-state index in [1.165, 1.54) is 24.1 Å². The molecule has 0 fully saturated rings. The van der Waals surface area contributed by atoms with Crippen molar-refractivity contribution in [3.05, 3.63) is 34.7 Å². The van der Waals surface area contributed by atoms with Gasteiger partial charge in [-0.2, -0.15) is 0 Å². The first-order valence-corrected chi connectivity index (χ1v) is 5.57. The Labute approximate surface area is 89.0 Å². The molecule has 0 N–H and O–H groups in total. The van der Waals surface area contributed by atoms with Crippen LogP contribution in [0, 0.1) is 0 Å². The minimum absolute atomic E-state index is 0.216. The molecule has 76 valence electrons. The molecule has 1 heterocycles. The van der Waals surface area contributed by atoms with Gasteiger partial charge in [-0.05, 0) is 43.4 Å². The fraction of sp³-hybridized carbons (Fsp3) is 0.385. The van der Waals surface area contributed by atoms with Crippen LogP contribution in [0.1, 0.15) is 46.6 Å². The van der Waals surface area contributed by atoms with Gasteiger partial charge in [0.1, 0.15) is 0 Å². The minimum atomic E-state index is 0.216. The number of pyridine rings is 1. The lowest BCUT2D eigenvalue weighted by Gasteiger charge is -2.18. The lowest BCUT2D eigenvalue weighted by molar-refractivity contribution is 0.0994. The van der Waals surface area contributed by atoms with E-state index < -0.39 is 0 Å². The number of hydrogen-bond donors (Lipinski definition) is 0. The second kappa shape index (κ2) is 3.30. The van der Waals surface area contributed by atoms with Crippen LogP contribution >= 0.6 is 0 Å². The summed E-state index contributed by atoms with van der Waals surface area (Å²) in [6.45, 7) is 0. The summed E-state index contributed by atoms with van der Waals surface area (Å²) in [5.74, 6) is 0.216. The predicted octanol–water partition coefficient (Wildman–Crippen LogP) is 2.56. The average molecular weight is 199 g/mol. The Morgan fingerprint density at radius 2 is 2.07 bits per heavy atom. The summed E-state index contributed by atoms with van der Waals surface area (Å²) < 4.78 is 0. The van der Waals surface area contributed by atoms with E-state index >= 15 is 0 Å². The van der Waals surface area contributed by atoms with Crippen LogP contribution in [-0.4, -0.2) is 10.8 Å². The van der Waals surface area contributed by atoms with Gasteiger partial charge in [-0.15, -0.1) is 0 Å². The molecular formula is C13H13NO. The molecule has 0 radical (unpaired) electrons. The largest absolute Gasteiger partial charge is 0.294 e. The van der Waals surface area contributed by atoms with Gasteiger partial charge in [0.15, 0.2) is 5.78 Å². The quantitative estimate of drug-likeness (QED) is 0.642. The number of Topliss-reactive ketones (excluding diaryl/α,β-unsaturated/α-hetero) is 1. The Bertz CT molecular complexity index is 460. The fourth-order valence-corrected chi connectivity index (χ4v) is 2.39. The third-order valence-corrected chi connectivity index (χ3v) is 3.21. The van der Waals surface area contributed by atoms with E-state index in [-0.39, 0.29) is 5.78 Å². The van der Waals surface area contributed by atoms with Crippen LogP contribution in [0.25, 0.3) is 6.08 Å². The van der Waals surface area contributed by atoms with Crippen molar-refractivity contribution in [3.8, 4) is 0 Å². The van der Waals surface area contributed by atoms with Gasteiger partial charge in [-0.25, -0.2) is 0 Å². The molecule has 1 aromatic heterocycles. The van der Waals surface area contributed by atoms with Crippen LogP contribution in [-0.2, 0) is 12.8 Å². The zero-order chi connectivity index (χ0) is 10.3. The first-order valence-electron chi connectivity index (χ1n) is 5.57. The third kappa shape index (κ3) is 1.41. The van der Waals surface area contributed by atoms with Crippen molar-refractivity contribution in [2.75, 3.05) is 0 Å². The van der Waals surface area contributed by atoms with E-state index in [0.717, 1.165) is 24.1 Å². The second-order valence-corrected chi connectivity index (χ2v) is 4.26. The maximum absolute atomic E-state index is 11.7. The van der Waals surface area contributed by atoms with Crippen LogP contribution in [0.3, 0.4) is 0 Å². The average Bonchev–Trinajstić information content (AvgIpc) is 2.27. The molecule has 2 aliphatic carbocycles. The number of rotatable bonds is 0. The number of fused-ring (bicyclic) bond motifs is 2. The molecule has 0 bridgehead atoms. The highest BCUT2D eigenvalue weighted by atomic mass is 16.1. The van der Waals surface area contributed by atoms with Gasteiger partial charge in [0.25, 0.3) is 0 Å². The Kier molecular flexibility index (Phi) is 1.94. The molecule has 3 rings (SSSR count). The van der Waals surface area contributed by atoms with E-state index in [4.69, 9.17) is 0 Å². The topological polar surface area (TPSA) is 30.0 Å². The highest BCUT2D eigenvalue weighted by molar-refractivity contribution is 6.02.